The summed E-state index contributed by atoms with van der Waals surface area (Å²) in [5, 5.41) is 0. The highest BCUT2D eigenvalue weighted by Gasteiger charge is 2.13. The third kappa shape index (κ3) is 1.21. The highest BCUT2D eigenvalue weighted by Crippen LogP contribution is 2.21. The first-order chi connectivity index (χ1) is 6.70. The number of anilines is 1. The van der Waals surface area contributed by atoms with E-state index in [0.29, 0.717) is 11.4 Å². The summed E-state index contributed by atoms with van der Waals surface area (Å²) < 4.78 is 6.10. The van der Waals surface area contributed by atoms with Crippen LogP contribution in [0.25, 0.3) is 11.1 Å². The summed E-state index contributed by atoms with van der Waals surface area (Å²) in [6, 6.07) is 9.22. The number of benzene rings is 1. The van der Waals surface area contributed by atoms with Crippen LogP contribution in [0.3, 0.4) is 0 Å². The Morgan fingerprint density at radius 3 is 2.43 bits per heavy atom. The minimum atomic E-state index is -0.406. The third-order valence-corrected chi connectivity index (χ3v) is 2.08. The molecule has 0 radical (unpaired) electrons. The van der Waals surface area contributed by atoms with Gasteiger partial charge in [-0.05, 0) is 5.56 Å². The lowest BCUT2D eigenvalue weighted by Crippen LogP contribution is -1.98. The van der Waals surface area contributed by atoms with Crippen molar-refractivity contribution in [3.8, 4) is 11.1 Å². The van der Waals surface area contributed by atoms with Gasteiger partial charge in [0.05, 0.1) is 0 Å². The summed E-state index contributed by atoms with van der Waals surface area (Å²) in [4.78, 5) is 11.4. The van der Waals surface area contributed by atoms with Crippen molar-refractivity contribution in [1.29, 1.82) is 0 Å². The van der Waals surface area contributed by atoms with Gasteiger partial charge in [0.15, 0.2) is 0 Å². The van der Waals surface area contributed by atoms with E-state index in [4.69, 9.17) is 10.3 Å². The predicted octanol–water partition coefficient (Wildman–Crippen LogP) is 1.23. The highest BCUT2D eigenvalue weighted by molar-refractivity contribution is 5.72. The summed E-state index contributed by atoms with van der Waals surface area (Å²) in [7, 11) is 1.60. The standard InChI is InChI=1S/C10H10N2O2/c1-12-9(11)8(10(13)14-12)7-5-3-2-4-6-7/h2-6H,11H2,1H3. The molecule has 0 bridgehead atoms. The first kappa shape index (κ1) is 8.62. The van der Waals surface area contributed by atoms with Gasteiger partial charge in [0, 0.05) is 7.05 Å². The zero-order valence-corrected chi connectivity index (χ0v) is 7.73. The SMILES string of the molecule is Cn1oc(=O)c(-c2ccccc2)c1N. The van der Waals surface area contributed by atoms with Crippen LogP contribution < -0.4 is 11.4 Å². The zero-order chi connectivity index (χ0) is 10.1. The van der Waals surface area contributed by atoms with Crippen LogP contribution in [0.4, 0.5) is 5.82 Å². The van der Waals surface area contributed by atoms with E-state index < -0.39 is 5.63 Å². The maximum absolute atomic E-state index is 11.4. The Labute approximate surface area is 80.5 Å². The van der Waals surface area contributed by atoms with Crippen molar-refractivity contribution >= 4 is 5.82 Å². The number of rotatable bonds is 1. The molecular weight excluding hydrogens is 180 g/mol. The molecule has 0 saturated carbocycles. The molecule has 0 aliphatic heterocycles. The molecule has 1 aromatic heterocycles. The van der Waals surface area contributed by atoms with Crippen LogP contribution in [0.5, 0.6) is 0 Å². The van der Waals surface area contributed by atoms with Crippen LogP contribution in [0.2, 0.25) is 0 Å². The van der Waals surface area contributed by atoms with Crippen LogP contribution in [0.15, 0.2) is 39.6 Å². The summed E-state index contributed by atoms with van der Waals surface area (Å²) in [6.45, 7) is 0. The molecule has 2 aromatic rings. The monoisotopic (exact) mass is 190 g/mol. The second kappa shape index (κ2) is 3.06. The Kier molecular flexibility index (Phi) is 1.89. The van der Waals surface area contributed by atoms with Crippen molar-refractivity contribution in [3.05, 3.63) is 40.8 Å². The van der Waals surface area contributed by atoms with E-state index in [2.05, 4.69) is 0 Å². The van der Waals surface area contributed by atoms with Crippen LogP contribution in [0, 0.1) is 0 Å². The van der Waals surface area contributed by atoms with Gasteiger partial charge in [0.2, 0.25) is 0 Å². The average molecular weight is 190 g/mol. The van der Waals surface area contributed by atoms with Crippen molar-refractivity contribution in [2.45, 2.75) is 0 Å². The summed E-state index contributed by atoms with van der Waals surface area (Å²) in [5.41, 5.74) is 6.50. The molecule has 0 fully saturated rings. The fraction of sp³-hybridized carbons (Fsp3) is 0.100. The van der Waals surface area contributed by atoms with Crippen LogP contribution >= 0.6 is 0 Å². The minimum Gasteiger partial charge on any atom is -0.382 e. The van der Waals surface area contributed by atoms with E-state index in [9.17, 15) is 4.79 Å². The molecule has 1 heterocycles. The highest BCUT2D eigenvalue weighted by atomic mass is 16.5. The lowest BCUT2D eigenvalue weighted by atomic mass is 10.1. The molecule has 0 aliphatic carbocycles. The number of aryl methyl sites for hydroxylation is 1. The normalized spacial score (nSPS) is 10.4. The molecule has 0 amide bonds. The van der Waals surface area contributed by atoms with E-state index in [1.54, 1.807) is 7.05 Å². The second-order valence-corrected chi connectivity index (χ2v) is 3.00. The van der Waals surface area contributed by atoms with E-state index in [-0.39, 0.29) is 0 Å². The maximum Gasteiger partial charge on any atom is 0.367 e. The van der Waals surface area contributed by atoms with Gasteiger partial charge in [-0.3, -0.25) is 0 Å². The van der Waals surface area contributed by atoms with Gasteiger partial charge in [-0.15, -0.1) is 0 Å². The van der Waals surface area contributed by atoms with E-state index >= 15 is 0 Å². The van der Waals surface area contributed by atoms with Crippen LogP contribution in [0.1, 0.15) is 0 Å². The smallest absolute Gasteiger partial charge is 0.367 e. The fourth-order valence-corrected chi connectivity index (χ4v) is 1.35. The van der Waals surface area contributed by atoms with Crippen molar-refractivity contribution < 1.29 is 4.52 Å². The molecule has 14 heavy (non-hydrogen) atoms. The van der Waals surface area contributed by atoms with E-state index in [0.717, 1.165) is 5.56 Å². The van der Waals surface area contributed by atoms with Gasteiger partial charge in [-0.1, -0.05) is 30.3 Å². The summed E-state index contributed by atoms with van der Waals surface area (Å²) in [6.07, 6.45) is 0. The van der Waals surface area contributed by atoms with Gasteiger partial charge in [-0.25, -0.2) is 4.79 Å². The third-order valence-electron chi connectivity index (χ3n) is 2.08. The number of aromatic nitrogens is 1. The van der Waals surface area contributed by atoms with Gasteiger partial charge in [0.25, 0.3) is 0 Å². The fourth-order valence-electron chi connectivity index (χ4n) is 1.35. The number of nitrogen functional groups attached to an aromatic ring is 1. The Balaban J connectivity index is 2.69. The van der Waals surface area contributed by atoms with Gasteiger partial charge in [-0.2, -0.15) is 4.74 Å². The molecule has 0 aliphatic rings. The first-order valence-electron chi connectivity index (χ1n) is 4.21. The number of hydrogen-bond donors (Lipinski definition) is 1. The molecular formula is C10H10N2O2. The molecule has 0 spiro atoms. The maximum atomic E-state index is 11.4. The lowest BCUT2D eigenvalue weighted by Gasteiger charge is -1.96. The average Bonchev–Trinajstić information content (AvgIpc) is 2.43. The minimum absolute atomic E-state index is 0.348. The van der Waals surface area contributed by atoms with E-state index in [1.165, 1.54) is 4.74 Å². The molecule has 1 aromatic carbocycles. The number of nitrogens with two attached hydrogens (primary N) is 1. The van der Waals surface area contributed by atoms with Crippen molar-refractivity contribution in [2.24, 2.45) is 7.05 Å². The summed E-state index contributed by atoms with van der Waals surface area (Å²) >= 11 is 0. The molecule has 0 atom stereocenters. The Morgan fingerprint density at radius 1 is 1.29 bits per heavy atom. The predicted molar refractivity (Wildman–Crippen MR) is 53.8 cm³/mol. The number of nitrogens with zero attached hydrogens (tertiary/aromatic N) is 1. The number of hydrogen-bond acceptors (Lipinski definition) is 3. The lowest BCUT2D eigenvalue weighted by molar-refractivity contribution is 0.290. The second-order valence-electron chi connectivity index (χ2n) is 3.00. The Bertz CT molecular complexity index is 497. The van der Waals surface area contributed by atoms with Crippen LogP contribution in [-0.2, 0) is 7.05 Å². The van der Waals surface area contributed by atoms with Gasteiger partial charge >= 0.3 is 5.63 Å². The largest absolute Gasteiger partial charge is 0.382 e. The summed E-state index contributed by atoms with van der Waals surface area (Å²) in [5.74, 6) is 0.348. The topological polar surface area (TPSA) is 61.2 Å². The zero-order valence-electron chi connectivity index (χ0n) is 7.73. The molecule has 0 saturated heterocycles. The van der Waals surface area contributed by atoms with Gasteiger partial charge < -0.3 is 10.3 Å². The molecule has 2 rings (SSSR count). The van der Waals surface area contributed by atoms with Crippen molar-refractivity contribution in [2.75, 3.05) is 5.73 Å². The molecule has 0 unspecified atom stereocenters. The Hall–Kier alpha value is -1.97. The molecule has 2 N–H and O–H groups in total. The molecule has 72 valence electrons. The van der Waals surface area contributed by atoms with Crippen molar-refractivity contribution in [1.82, 2.24) is 4.74 Å². The van der Waals surface area contributed by atoms with Crippen LogP contribution in [-0.4, -0.2) is 4.74 Å². The molecule has 4 heteroatoms. The van der Waals surface area contributed by atoms with Gasteiger partial charge in [0.1, 0.15) is 11.4 Å². The van der Waals surface area contributed by atoms with Crippen molar-refractivity contribution in [3.63, 3.8) is 0 Å². The first-order valence-corrected chi connectivity index (χ1v) is 4.21. The van der Waals surface area contributed by atoms with E-state index in [1.807, 2.05) is 30.3 Å². The Morgan fingerprint density at radius 2 is 1.93 bits per heavy atom. The molecule has 4 nitrogen and oxygen atoms in total. The quantitative estimate of drug-likeness (QED) is 0.735.